The Labute approximate surface area is 121 Å². The third-order valence-electron chi connectivity index (χ3n) is 3.43. The van der Waals surface area contributed by atoms with E-state index in [4.69, 9.17) is 4.52 Å². The topological polar surface area (TPSA) is 75.4 Å². The first kappa shape index (κ1) is 13.4. The number of rotatable bonds is 3. The molecular weight excluding hydrogens is 270 g/mol. The molecule has 1 aliphatic rings. The molecule has 0 bridgehead atoms. The van der Waals surface area contributed by atoms with Crippen LogP contribution in [0.1, 0.15) is 12.2 Å². The Balaban J connectivity index is 1.68. The van der Waals surface area contributed by atoms with E-state index in [1.807, 2.05) is 30.3 Å². The predicted molar refractivity (Wildman–Crippen MR) is 76.8 cm³/mol. The minimum atomic E-state index is -0.380. The molecule has 6 heteroatoms. The van der Waals surface area contributed by atoms with Crippen LogP contribution in [-0.4, -0.2) is 23.5 Å². The number of para-hydroxylation sites is 1. The largest absolute Gasteiger partial charge is 0.360 e. The number of aromatic nitrogens is 1. The van der Waals surface area contributed by atoms with Crippen LogP contribution in [0, 0.1) is 12.8 Å². The molecule has 0 aliphatic carbocycles. The van der Waals surface area contributed by atoms with Gasteiger partial charge in [0, 0.05) is 24.7 Å². The van der Waals surface area contributed by atoms with Crippen molar-refractivity contribution in [1.82, 2.24) is 5.16 Å². The first-order chi connectivity index (χ1) is 10.1. The molecule has 21 heavy (non-hydrogen) atoms. The van der Waals surface area contributed by atoms with E-state index in [2.05, 4.69) is 10.5 Å². The summed E-state index contributed by atoms with van der Waals surface area (Å²) in [5.74, 6) is 0.450. The Bertz CT molecular complexity index is 666. The second-order valence-corrected chi connectivity index (χ2v) is 5.06. The van der Waals surface area contributed by atoms with E-state index in [-0.39, 0.29) is 24.2 Å². The number of anilines is 2. The van der Waals surface area contributed by atoms with Gasteiger partial charge in [0.1, 0.15) is 5.76 Å². The summed E-state index contributed by atoms with van der Waals surface area (Å²) < 4.78 is 4.97. The Morgan fingerprint density at radius 3 is 2.81 bits per heavy atom. The maximum absolute atomic E-state index is 12.2. The Morgan fingerprint density at radius 2 is 2.14 bits per heavy atom. The zero-order chi connectivity index (χ0) is 14.8. The van der Waals surface area contributed by atoms with Gasteiger partial charge in [0.25, 0.3) is 0 Å². The van der Waals surface area contributed by atoms with Crippen molar-refractivity contribution in [1.29, 1.82) is 0 Å². The fourth-order valence-electron chi connectivity index (χ4n) is 2.35. The molecule has 1 atom stereocenters. The minimum absolute atomic E-state index is 0.114. The maximum atomic E-state index is 12.2. The molecule has 1 aromatic carbocycles. The van der Waals surface area contributed by atoms with Crippen molar-refractivity contribution in [2.45, 2.75) is 13.3 Å². The summed E-state index contributed by atoms with van der Waals surface area (Å²) in [5.41, 5.74) is 0.727. The normalized spacial score (nSPS) is 18.0. The summed E-state index contributed by atoms with van der Waals surface area (Å²) in [7, 11) is 0. The van der Waals surface area contributed by atoms with Crippen LogP contribution in [0.3, 0.4) is 0 Å². The third kappa shape index (κ3) is 2.79. The Hall–Kier alpha value is -2.63. The van der Waals surface area contributed by atoms with Crippen molar-refractivity contribution in [3.8, 4) is 0 Å². The highest BCUT2D eigenvalue weighted by Crippen LogP contribution is 2.25. The maximum Gasteiger partial charge on any atom is 0.229 e. The fraction of sp³-hybridized carbons (Fsp3) is 0.267. The highest BCUT2D eigenvalue weighted by atomic mass is 16.5. The van der Waals surface area contributed by atoms with Crippen molar-refractivity contribution in [2.24, 2.45) is 5.92 Å². The number of amides is 2. The first-order valence-electron chi connectivity index (χ1n) is 6.73. The van der Waals surface area contributed by atoms with Gasteiger partial charge in [-0.3, -0.25) is 14.5 Å². The average molecular weight is 285 g/mol. The summed E-state index contributed by atoms with van der Waals surface area (Å²) in [4.78, 5) is 25.7. The monoisotopic (exact) mass is 285 g/mol. The molecule has 1 aromatic heterocycles. The highest BCUT2D eigenvalue weighted by molar-refractivity contribution is 6.03. The van der Waals surface area contributed by atoms with E-state index in [9.17, 15) is 9.59 Å². The van der Waals surface area contributed by atoms with Gasteiger partial charge < -0.3 is 9.84 Å². The zero-order valence-corrected chi connectivity index (χ0v) is 11.6. The van der Waals surface area contributed by atoms with E-state index < -0.39 is 0 Å². The van der Waals surface area contributed by atoms with Crippen molar-refractivity contribution in [3.05, 3.63) is 42.2 Å². The number of nitrogens with zero attached hydrogens (tertiary/aromatic N) is 2. The van der Waals surface area contributed by atoms with Gasteiger partial charge in [0.05, 0.1) is 5.92 Å². The second kappa shape index (κ2) is 5.40. The van der Waals surface area contributed by atoms with E-state index in [0.717, 1.165) is 5.69 Å². The Morgan fingerprint density at radius 1 is 1.38 bits per heavy atom. The summed E-state index contributed by atoms with van der Waals surface area (Å²) in [6.45, 7) is 2.08. The number of carbonyl (C=O) groups is 2. The Kier molecular flexibility index (Phi) is 3.43. The molecule has 6 nitrogen and oxygen atoms in total. The van der Waals surface area contributed by atoms with Crippen LogP contribution in [0.15, 0.2) is 40.9 Å². The lowest BCUT2D eigenvalue weighted by molar-refractivity contribution is -0.122. The lowest BCUT2D eigenvalue weighted by Gasteiger charge is -2.12. The molecule has 2 amide bonds. The number of hydrogen-bond acceptors (Lipinski definition) is 4. The summed E-state index contributed by atoms with van der Waals surface area (Å²) in [5, 5.41) is 6.64. The van der Waals surface area contributed by atoms with Gasteiger partial charge in [-0.25, -0.2) is 0 Å². The van der Waals surface area contributed by atoms with Crippen molar-refractivity contribution in [2.75, 3.05) is 16.8 Å². The third-order valence-corrected chi connectivity index (χ3v) is 3.43. The van der Waals surface area contributed by atoms with Crippen molar-refractivity contribution < 1.29 is 14.1 Å². The minimum Gasteiger partial charge on any atom is -0.360 e. The molecule has 2 aromatic rings. The molecule has 0 radical (unpaired) electrons. The standard InChI is InChI=1S/C15H15N3O3/c1-10-7-13(17-21-10)18-9-11(8-14(18)19)15(20)16-12-5-3-2-4-6-12/h2-7,11H,8-9H2,1H3,(H,16,20). The molecule has 0 spiro atoms. The molecule has 1 N–H and O–H groups in total. The van der Waals surface area contributed by atoms with Crippen LogP contribution in [0.5, 0.6) is 0 Å². The van der Waals surface area contributed by atoms with Crippen LogP contribution < -0.4 is 10.2 Å². The van der Waals surface area contributed by atoms with E-state index >= 15 is 0 Å². The van der Waals surface area contributed by atoms with Crippen molar-refractivity contribution in [3.63, 3.8) is 0 Å². The van der Waals surface area contributed by atoms with Crippen LogP contribution in [0.25, 0.3) is 0 Å². The molecule has 3 rings (SSSR count). The van der Waals surface area contributed by atoms with E-state index in [1.54, 1.807) is 13.0 Å². The van der Waals surface area contributed by atoms with Crippen LogP contribution in [-0.2, 0) is 9.59 Å². The van der Waals surface area contributed by atoms with Gasteiger partial charge in [0.15, 0.2) is 5.82 Å². The molecule has 108 valence electrons. The predicted octanol–water partition coefficient (Wildman–Crippen LogP) is 1.97. The number of benzene rings is 1. The average Bonchev–Trinajstić information content (AvgIpc) is 3.06. The lowest BCUT2D eigenvalue weighted by atomic mass is 10.1. The fourth-order valence-corrected chi connectivity index (χ4v) is 2.35. The quantitative estimate of drug-likeness (QED) is 0.935. The summed E-state index contributed by atoms with van der Waals surface area (Å²) >= 11 is 0. The zero-order valence-electron chi connectivity index (χ0n) is 11.6. The van der Waals surface area contributed by atoms with Gasteiger partial charge in [-0.15, -0.1) is 0 Å². The smallest absolute Gasteiger partial charge is 0.229 e. The number of aryl methyl sites for hydroxylation is 1. The van der Waals surface area contributed by atoms with Crippen LogP contribution >= 0.6 is 0 Å². The molecule has 1 aliphatic heterocycles. The molecule has 1 unspecified atom stereocenters. The highest BCUT2D eigenvalue weighted by Gasteiger charge is 2.36. The van der Waals surface area contributed by atoms with E-state index in [1.165, 1.54) is 4.90 Å². The number of hydrogen-bond donors (Lipinski definition) is 1. The van der Waals surface area contributed by atoms with Gasteiger partial charge >= 0.3 is 0 Å². The van der Waals surface area contributed by atoms with E-state index in [0.29, 0.717) is 18.1 Å². The van der Waals surface area contributed by atoms with Crippen molar-refractivity contribution >= 4 is 23.3 Å². The van der Waals surface area contributed by atoms with Crippen LogP contribution in [0.4, 0.5) is 11.5 Å². The van der Waals surface area contributed by atoms with Gasteiger partial charge in [-0.05, 0) is 19.1 Å². The molecule has 1 saturated heterocycles. The number of nitrogens with one attached hydrogen (secondary N) is 1. The van der Waals surface area contributed by atoms with Gasteiger partial charge in [-0.2, -0.15) is 0 Å². The first-order valence-corrected chi connectivity index (χ1v) is 6.73. The summed E-state index contributed by atoms with van der Waals surface area (Å²) in [6.07, 6.45) is 0.185. The number of carbonyl (C=O) groups excluding carboxylic acids is 2. The van der Waals surface area contributed by atoms with Gasteiger partial charge in [0.2, 0.25) is 11.8 Å². The molecule has 1 fully saturated rings. The lowest BCUT2D eigenvalue weighted by Crippen LogP contribution is -2.28. The summed E-state index contributed by atoms with van der Waals surface area (Å²) in [6, 6.07) is 10.9. The van der Waals surface area contributed by atoms with Gasteiger partial charge in [-0.1, -0.05) is 23.4 Å². The molecule has 2 heterocycles. The SMILES string of the molecule is Cc1cc(N2CC(C(=O)Nc3ccccc3)CC2=O)no1. The molecular formula is C15H15N3O3. The van der Waals surface area contributed by atoms with Crippen LogP contribution in [0.2, 0.25) is 0 Å². The molecule has 0 saturated carbocycles. The second-order valence-electron chi connectivity index (χ2n) is 5.06.